The van der Waals surface area contributed by atoms with Crippen molar-refractivity contribution in [1.82, 2.24) is 10.9 Å². The largest absolute Gasteiger partial charge is 0.497 e. The van der Waals surface area contributed by atoms with Crippen molar-refractivity contribution >= 4 is 29.7 Å². The highest BCUT2D eigenvalue weighted by atomic mass is 32.2. The zero-order valence-electron chi connectivity index (χ0n) is 15.4. The van der Waals surface area contributed by atoms with Gasteiger partial charge in [0.05, 0.1) is 20.0 Å². The molecule has 0 saturated heterocycles. The lowest BCUT2D eigenvalue weighted by atomic mass is 10.1. The van der Waals surface area contributed by atoms with Crippen LogP contribution in [0.25, 0.3) is 6.08 Å². The molecule has 0 aromatic heterocycles. The number of hydrazine groups is 1. The highest BCUT2D eigenvalue weighted by Crippen LogP contribution is 2.25. The molecule has 142 valence electrons. The molecule has 27 heavy (non-hydrogen) atoms. The summed E-state index contributed by atoms with van der Waals surface area (Å²) in [4.78, 5) is 24.7. The number of thioether (sulfide) groups is 1. The summed E-state index contributed by atoms with van der Waals surface area (Å²) in [5.74, 6) is 0.717. The molecule has 0 bridgehead atoms. The van der Waals surface area contributed by atoms with Crippen LogP contribution in [0.15, 0.2) is 53.4 Å². The zero-order chi connectivity index (χ0) is 19.6. The third-order valence-electron chi connectivity index (χ3n) is 3.57. The Balaban J connectivity index is 1.80. The molecule has 0 aliphatic heterocycles. The molecular weight excluding hydrogens is 364 g/mol. The zero-order valence-corrected chi connectivity index (χ0v) is 16.3. The van der Waals surface area contributed by atoms with Gasteiger partial charge in [-0.2, -0.15) is 0 Å². The molecule has 0 spiro atoms. The molecular formula is C20H22N2O4S. The van der Waals surface area contributed by atoms with Gasteiger partial charge in [0.2, 0.25) is 5.91 Å². The van der Waals surface area contributed by atoms with Gasteiger partial charge in [-0.15, -0.1) is 11.8 Å². The smallest absolute Gasteiger partial charge is 0.262 e. The third-order valence-corrected chi connectivity index (χ3v) is 4.58. The van der Waals surface area contributed by atoms with Crippen molar-refractivity contribution in [2.75, 3.05) is 20.0 Å². The van der Waals surface area contributed by atoms with Crippen molar-refractivity contribution in [1.29, 1.82) is 0 Å². The Hall–Kier alpha value is -2.93. The number of hydrogen-bond acceptors (Lipinski definition) is 5. The van der Waals surface area contributed by atoms with Crippen LogP contribution >= 0.6 is 11.8 Å². The van der Waals surface area contributed by atoms with Gasteiger partial charge in [-0.25, -0.2) is 0 Å². The van der Waals surface area contributed by atoms with E-state index in [9.17, 15) is 9.59 Å². The first-order chi connectivity index (χ1) is 13.0. The molecule has 7 heteroatoms. The number of carbonyl (C=O) groups excluding carboxylic acids is 2. The maximum absolute atomic E-state index is 11.9. The summed E-state index contributed by atoms with van der Waals surface area (Å²) in [6.07, 6.45) is 2.92. The highest BCUT2D eigenvalue weighted by molar-refractivity contribution is 8.00. The van der Waals surface area contributed by atoms with Gasteiger partial charge in [0, 0.05) is 22.6 Å². The number of aryl methyl sites for hydroxylation is 1. The first-order valence-corrected chi connectivity index (χ1v) is 9.19. The molecule has 2 amide bonds. The second-order valence-corrected chi connectivity index (χ2v) is 6.63. The van der Waals surface area contributed by atoms with Crippen molar-refractivity contribution < 1.29 is 19.1 Å². The minimum absolute atomic E-state index is 0.208. The van der Waals surface area contributed by atoms with Crippen LogP contribution in [0.1, 0.15) is 11.1 Å². The van der Waals surface area contributed by atoms with Gasteiger partial charge < -0.3 is 9.47 Å². The fourth-order valence-corrected chi connectivity index (χ4v) is 2.81. The summed E-state index contributed by atoms with van der Waals surface area (Å²) in [5, 5.41) is 0. The molecule has 0 unspecified atom stereocenters. The lowest BCUT2D eigenvalue weighted by molar-refractivity contribution is -0.125. The molecule has 2 rings (SSSR count). The summed E-state index contributed by atoms with van der Waals surface area (Å²) in [6.45, 7) is 2.01. The number of benzene rings is 2. The lowest BCUT2D eigenvalue weighted by Crippen LogP contribution is -2.41. The van der Waals surface area contributed by atoms with Crippen LogP contribution in [0.2, 0.25) is 0 Å². The molecule has 0 atom stereocenters. The van der Waals surface area contributed by atoms with E-state index < -0.39 is 5.91 Å². The van der Waals surface area contributed by atoms with Crippen LogP contribution in [0.4, 0.5) is 0 Å². The number of nitrogens with one attached hydrogen (secondary N) is 2. The van der Waals surface area contributed by atoms with Crippen molar-refractivity contribution in [2.45, 2.75) is 11.8 Å². The molecule has 2 aromatic rings. The minimum Gasteiger partial charge on any atom is -0.497 e. The first-order valence-electron chi connectivity index (χ1n) is 8.20. The van der Waals surface area contributed by atoms with Gasteiger partial charge in [0.25, 0.3) is 5.91 Å². The van der Waals surface area contributed by atoms with E-state index in [0.717, 1.165) is 16.0 Å². The molecule has 0 radical (unpaired) electrons. The van der Waals surface area contributed by atoms with E-state index in [1.54, 1.807) is 31.4 Å². The van der Waals surface area contributed by atoms with E-state index >= 15 is 0 Å². The van der Waals surface area contributed by atoms with Crippen LogP contribution in [0.5, 0.6) is 11.5 Å². The normalized spacial score (nSPS) is 10.5. The maximum atomic E-state index is 11.9. The average Bonchev–Trinajstić information content (AvgIpc) is 2.70. The molecule has 2 N–H and O–H groups in total. The predicted molar refractivity (Wildman–Crippen MR) is 107 cm³/mol. The number of methoxy groups -OCH3 is 2. The highest BCUT2D eigenvalue weighted by Gasteiger charge is 2.05. The molecule has 0 fully saturated rings. The second kappa shape index (κ2) is 10.3. The fraction of sp³-hybridized carbons (Fsp3) is 0.200. The van der Waals surface area contributed by atoms with Crippen molar-refractivity contribution in [3.8, 4) is 11.5 Å². The Labute approximate surface area is 162 Å². The number of carbonyl (C=O) groups is 2. The number of rotatable bonds is 7. The Morgan fingerprint density at radius 1 is 1.04 bits per heavy atom. The van der Waals surface area contributed by atoms with E-state index in [1.165, 1.54) is 24.9 Å². The lowest BCUT2D eigenvalue weighted by Gasteiger charge is -2.08. The number of ether oxygens (including phenoxy) is 2. The Kier molecular flexibility index (Phi) is 7.76. The monoisotopic (exact) mass is 386 g/mol. The standard InChI is InChI=1S/C20H22N2O4S/c1-14-4-9-17(10-5-14)27-13-20(24)22-21-19(23)11-7-15-6-8-16(25-2)12-18(15)26-3/h4-12H,13H2,1-3H3,(H,21,23)(H,22,24)/b11-7+. The van der Waals surface area contributed by atoms with Crippen molar-refractivity contribution in [3.63, 3.8) is 0 Å². The molecule has 6 nitrogen and oxygen atoms in total. The fourth-order valence-electron chi connectivity index (χ4n) is 2.11. The molecule has 0 heterocycles. The third kappa shape index (κ3) is 6.71. The first kappa shape index (κ1) is 20.4. The molecule has 2 aromatic carbocycles. The van der Waals surface area contributed by atoms with Crippen LogP contribution in [0, 0.1) is 6.92 Å². The summed E-state index contributed by atoms with van der Waals surface area (Å²) >= 11 is 1.40. The number of hydrogen-bond donors (Lipinski definition) is 2. The van der Waals surface area contributed by atoms with Gasteiger partial charge in [-0.3, -0.25) is 20.4 Å². The van der Waals surface area contributed by atoms with E-state index in [0.29, 0.717) is 11.5 Å². The summed E-state index contributed by atoms with van der Waals surface area (Å²) in [7, 11) is 3.11. The van der Waals surface area contributed by atoms with Gasteiger partial charge in [-0.1, -0.05) is 17.7 Å². The van der Waals surface area contributed by atoms with E-state index in [2.05, 4.69) is 10.9 Å². The van der Waals surface area contributed by atoms with Gasteiger partial charge in [-0.05, 0) is 37.3 Å². The Bertz CT molecular complexity index is 819. The van der Waals surface area contributed by atoms with Crippen molar-refractivity contribution in [2.24, 2.45) is 0 Å². The maximum Gasteiger partial charge on any atom is 0.262 e. The van der Waals surface area contributed by atoms with Crippen LogP contribution in [0.3, 0.4) is 0 Å². The van der Waals surface area contributed by atoms with E-state index in [-0.39, 0.29) is 11.7 Å². The SMILES string of the molecule is COc1ccc(/C=C/C(=O)NNC(=O)CSc2ccc(C)cc2)c(OC)c1. The van der Waals surface area contributed by atoms with Crippen molar-refractivity contribution in [3.05, 3.63) is 59.7 Å². The quantitative estimate of drug-likeness (QED) is 0.435. The molecule has 0 saturated carbocycles. The van der Waals surface area contributed by atoms with Gasteiger partial charge in [0.1, 0.15) is 11.5 Å². The topological polar surface area (TPSA) is 76.7 Å². The Morgan fingerprint density at radius 2 is 1.78 bits per heavy atom. The Morgan fingerprint density at radius 3 is 2.44 bits per heavy atom. The number of amides is 2. The average molecular weight is 386 g/mol. The minimum atomic E-state index is -0.443. The molecule has 0 aliphatic carbocycles. The summed E-state index contributed by atoms with van der Waals surface area (Å²) in [6, 6.07) is 13.2. The molecule has 0 aliphatic rings. The van der Waals surface area contributed by atoms with E-state index in [1.807, 2.05) is 31.2 Å². The summed E-state index contributed by atoms with van der Waals surface area (Å²) < 4.78 is 10.4. The predicted octanol–water partition coefficient (Wildman–Crippen LogP) is 2.97. The van der Waals surface area contributed by atoms with Crippen LogP contribution < -0.4 is 20.3 Å². The summed E-state index contributed by atoms with van der Waals surface area (Å²) in [5.41, 5.74) is 6.62. The van der Waals surface area contributed by atoms with E-state index in [4.69, 9.17) is 9.47 Å². The van der Waals surface area contributed by atoms with Gasteiger partial charge in [0.15, 0.2) is 0 Å². The van der Waals surface area contributed by atoms with Gasteiger partial charge >= 0.3 is 0 Å². The van der Waals surface area contributed by atoms with Crippen LogP contribution in [-0.4, -0.2) is 31.8 Å². The van der Waals surface area contributed by atoms with Crippen LogP contribution in [-0.2, 0) is 9.59 Å². The second-order valence-electron chi connectivity index (χ2n) is 5.58.